The number of nitrogens with one attached hydrogen (secondary N) is 1. The Morgan fingerprint density at radius 2 is 2.25 bits per heavy atom. The molecule has 0 aliphatic rings. The number of carbonyl (C=O) groups excluding carboxylic acids is 1. The number of carbonyl (C=O) groups is 1. The van der Waals surface area contributed by atoms with Crippen LogP contribution in [0, 0.1) is 13.8 Å². The van der Waals surface area contributed by atoms with Gasteiger partial charge in [-0.25, -0.2) is 0 Å². The summed E-state index contributed by atoms with van der Waals surface area (Å²) in [5.74, 6) is 1.41. The summed E-state index contributed by atoms with van der Waals surface area (Å²) in [4.78, 5) is 11.9. The molecule has 1 rings (SSSR count). The normalized spacial score (nSPS) is 12.5. The van der Waals surface area contributed by atoms with Gasteiger partial charge in [-0.2, -0.15) is 0 Å². The fraction of sp³-hybridized carbons (Fsp3) is 0.583. The Kier molecular flexibility index (Phi) is 5.06. The Morgan fingerprint density at radius 1 is 1.56 bits per heavy atom. The average molecular weight is 288 g/mol. The first-order chi connectivity index (χ1) is 7.54. The van der Waals surface area contributed by atoms with Gasteiger partial charge in [-0.05, 0) is 39.7 Å². The first-order valence-electron chi connectivity index (χ1n) is 5.48. The van der Waals surface area contributed by atoms with Crippen LogP contribution in [-0.4, -0.2) is 17.3 Å². The number of aryl methyl sites for hydroxylation is 2. The number of hydrogen-bond acceptors (Lipinski definition) is 2. The van der Waals surface area contributed by atoms with E-state index in [9.17, 15) is 4.79 Å². The van der Waals surface area contributed by atoms with E-state index in [0.717, 1.165) is 23.9 Å². The molecule has 0 aliphatic carbocycles. The van der Waals surface area contributed by atoms with Crippen molar-refractivity contribution in [2.45, 2.75) is 39.7 Å². The second-order valence-electron chi connectivity index (χ2n) is 4.03. The molecule has 90 valence electrons. The van der Waals surface area contributed by atoms with Gasteiger partial charge in [-0.15, -0.1) is 0 Å². The average Bonchev–Trinajstić information content (AvgIpc) is 2.54. The van der Waals surface area contributed by atoms with Gasteiger partial charge in [0.05, 0.1) is 5.56 Å². The molecule has 1 heterocycles. The van der Waals surface area contributed by atoms with E-state index in [1.165, 1.54) is 0 Å². The lowest BCUT2D eigenvalue weighted by Gasteiger charge is -2.12. The van der Waals surface area contributed by atoms with Crippen molar-refractivity contribution >= 4 is 21.8 Å². The lowest BCUT2D eigenvalue weighted by atomic mass is 10.1. The largest absolute Gasteiger partial charge is 0.466 e. The molecule has 0 bridgehead atoms. The van der Waals surface area contributed by atoms with E-state index in [2.05, 4.69) is 21.2 Å². The van der Waals surface area contributed by atoms with Crippen LogP contribution in [0.25, 0.3) is 0 Å². The maximum absolute atomic E-state index is 11.9. The van der Waals surface area contributed by atoms with Gasteiger partial charge in [-0.1, -0.05) is 15.9 Å². The Morgan fingerprint density at radius 3 is 2.75 bits per heavy atom. The summed E-state index contributed by atoms with van der Waals surface area (Å²) in [6, 6.07) is 1.97. The molecule has 1 N–H and O–H groups in total. The Bertz CT molecular complexity index is 360. The molecule has 1 aromatic heterocycles. The molecule has 0 radical (unpaired) electrons. The minimum atomic E-state index is -0.0450. The monoisotopic (exact) mass is 287 g/mol. The number of hydrogen-bond donors (Lipinski definition) is 1. The fourth-order valence-corrected chi connectivity index (χ4v) is 1.94. The summed E-state index contributed by atoms with van der Waals surface area (Å²) in [6.07, 6.45) is 2.04. The molecule has 16 heavy (non-hydrogen) atoms. The summed E-state index contributed by atoms with van der Waals surface area (Å²) in [6.45, 7) is 5.67. The number of rotatable bonds is 5. The minimum Gasteiger partial charge on any atom is -0.466 e. The molecular formula is C12H18BrNO2. The molecule has 0 saturated carbocycles. The highest BCUT2D eigenvalue weighted by molar-refractivity contribution is 9.09. The van der Waals surface area contributed by atoms with Gasteiger partial charge in [0.15, 0.2) is 0 Å². The molecule has 1 amide bonds. The van der Waals surface area contributed by atoms with Crippen LogP contribution in [0.3, 0.4) is 0 Å². The zero-order valence-corrected chi connectivity index (χ0v) is 11.6. The minimum absolute atomic E-state index is 0.0450. The van der Waals surface area contributed by atoms with E-state index in [4.69, 9.17) is 4.42 Å². The van der Waals surface area contributed by atoms with E-state index in [1.807, 2.05) is 20.8 Å². The Balaban J connectivity index is 2.55. The van der Waals surface area contributed by atoms with Gasteiger partial charge in [0.25, 0.3) is 5.91 Å². The number of furan rings is 1. The highest BCUT2D eigenvalue weighted by Crippen LogP contribution is 2.13. The van der Waals surface area contributed by atoms with Gasteiger partial charge < -0.3 is 9.73 Å². The topological polar surface area (TPSA) is 42.2 Å². The Hall–Kier alpha value is -0.770. The lowest BCUT2D eigenvalue weighted by Crippen LogP contribution is -2.32. The van der Waals surface area contributed by atoms with Crippen molar-refractivity contribution in [3.63, 3.8) is 0 Å². The second-order valence-corrected chi connectivity index (χ2v) is 4.83. The number of halogens is 1. The third kappa shape index (κ3) is 3.67. The molecule has 0 fully saturated rings. The summed E-state index contributed by atoms with van der Waals surface area (Å²) >= 11 is 3.38. The maximum Gasteiger partial charge on any atom is 0.255 e. The van der Waals surface area contributed by atoms with Crippen molar-refractivity contribution in [3.05, 3.63) is 23.2 Å². The maximum atomic E-state index is 11.9. The molecule has 0 aliphatic heterocycles. The molecule has 4 heteroatoms. The second kappa shape index (κ2) is 6.09. The lowest BCUT2D eigenvalue weighted by molar-refractivity contribution is 0.0937. The zero-order valence-electron chi connectivity index (χ0n) is 9.97. The third-order valence-corrected chi connectivity index (χ3v) is 2.99. The van der Waals surface area contributed by atoms with E-state index < -0.39 is 0 Å². The van der Waals surface area contributed by atoms with Crippen LogP contribution in [0.1, 0.15) is 41.6 Å². The van der Waals surface area contributed by atoms with E-state index >= 15 is 0 Å². The van der Waals surface area contributed by atoms with Crippen molar-refractivity contribution in [2.24, 2.45) is 0 Å². The SMILES string of the molecule is Cc1cc(C(=O)NC(C)CCCBr)c(C)o1. The van der Waals surface area contributed by atoms with Crippen LogP contribution >= 0.6 is 15.9 Å². The molecular weight excluding hydrogens is 270 g/mol. The quantitative estimate of drug-likeness (QED) is 0.845. The van der Waals surface area contributed by atoms with Crippen LogP contribution in [0.4, 0.5) is 0 Å². The van der Waals surface area contributed by atoms with Crippen LogP contribution in [0.5, 0.6) is 0 Å². The summed E-state index contributed by atoms with van der Waals surface area (Å²) in [5, 5.41) is 3.93. The Labute approximate surface area is 105 Å². The molecule has 0 saturated heterocycles. The third-order valence-electron chi connectivity index (χ3n) is 2.43. The van der Waals surface area contributed by atoms with E-state index in [1.54, 1.807) is 6.07 Å². The van der Waals surface area contributed by atoms with Crippen molar-refractivity contribution in [3.8, 4) is 0 Å². The van der Waals surface area contributed by atoms with Gasteiger partial charge in [0, 0.05) is 11.4 Å². The molecule has 1 unspecified atom stereocenters. The van der Waals surface area contributed by atoms with E-state index in [0.29, 0.717) is 11.3 Å². The molecule has 0 aromatic carbocycles. The van der Waals surface area contributed by atoms with Gasteiger partial charge in [-0.3, -0.25) is 4.79 Å². The first-order valence-corrected chi connectivity index (χ1v) is 6.60. The summed E-state index contributed by atoms with van der Waals surface area (Å²) in [5.41, 5.74) is 0.642. The first kappa shape index (κ1) is 13.3. The highest BCUT2D eigenvalue weighted by atomic mass is 79.9. The van der Waals surface area contributed by atoms with Crippen molar-refractivity contribution in [1.82, 2.24) is 5.32 Å². The summed E-state index contributed by atoms with van der Waals surface area (Å²) < 4.78 is 5.33. The van der Waals surface area contributed by atoms with Gasteiger partial charge in [0.1, 0.15) is 11.5 Å². The predicted molar refractivity (Wildman–Crippen MR) is 68.1 cm³/mol. The van der Waals surface area contributed by atoms with E-state index in [-0.39, 0.29) is 11.9 Å². The predicted octanol–water partition coefficient (Wildman–Crippen LogP) is 3.19. The molecule has 3 nitrogen and oxygen atoms in total. The highest BCUT2D eigenvalue weighted by Gasteiger charge is 2.15. The molecule has 0 spiro atoms. The summed E-state index contributed by atoms with van der Waals surface area (Å²) in [7, 11) is 0. The zero-order chi connectivity index (χ0) is 12.1. The fourth-order valence-electron chi connectivity index (χ4n) is 1.61. The van der Waals surface area contributed by atoms with Gasteiger partial charge >= 0.3 is 0 Å². The van der Waals surface area contributed by atoms with Crippen LogP contribution in [-0.2, 0) is 0 Å². The molecule has 1 aromatic rings. The number of amides is 1. The van der Waals surface area contributed by atoms with Crippen LogP contribution in [0.2, 0.25) is 0 Å². The van der Waals surface area contributed by atoms with Crippen molar-refractivity contribution in [2.75, 3.05) is 5.33 Å². The molecule has 1 atom stereocenters. The van der Waals surface area contributed by atoms with Gasteiger partial charge in [0.2, 0.25) is 0 Å². The van der Waals surface area contributed by atoms with Crippen molar-refractivity contribution < 1.29 is 9.21 Å². The van der Waals surface area contributed by atoms with Crippen molar-refractivity contribution in [1.29, 1.82) is 0 Å². The standard InChI is InChI=1S/C12H18BrNO2/c1-8(5-4-6-13)14-12(15)11-7-9(2)16-10(11)3/h7-8H,4-6H2,1-3H3,(H,14,15). The number of alkyl halides is 1. The smallest absolute Gasteiger partial charge is 0.255 e. The van der Waals surface area contributed by atoms with Crippen LogP contribution in [0.15, 0.2) is 10.5 Å². The van der Waals surface area contributed by atoms with Crippen LogP contribution < -0.4 is 5.32 Å².